The van der Waals surface area contributed by atoms with Crippen molar-refractivity contribution in [3.05, 3.63) is 24.3 Å². The summed E-state index contributed by atoms with van der Waals surface area (Å²) in [7, 11) is 1.86. The average Bonchev–Trinajstić information content (AvgIpc) is 2.88. The van der Waals surface area contributed by atoms with E-state index in [1.165, 1.54) is 5.69 Å². The molecule has 1 aromatic rings. The van der Waals surface area contributed by atoms with Crippen molar-refractivity contribution in [1.82, 2.24) is 4.90 Å². The Morgan fingerprint density at radius 1 is 1.18 bits per heavy atom. The highest BCUT2D eigenvalue weighted by Crippen LogP contribution is 2.31. The van der Waals surface area contributed by atoms with Gasteiger partial charge in [-0.1, -0.05) is 12.1 Å². The lowest BCUT2D eigenvalue weighted by atomic mass is 9.97. The topological polar surface area (TPSA) is 55.8 Å². The number of likely N-dealkylation sites (tertiary alicyclic amines) is 1. The van der Waals surface area contributed by atoms with E-state index >= 15 is 0 Å². The number of nitrogens with zero attached hydrogens (tertiary/aromatic N) is 2. The molecule has 2 N–H and O–H groups in total. The third kappa shape index (κ3) is 3.04. The maximum atomic E-state index is 12.1. The second-order valence-electron chi connectivity index (χ2n) is 6.38. The van der Waals surface area contributed by atoms with Crippen molar-refractivity contribution in [1.29, 1.82) is 0 Å². The monoisotopic (exact) mass is 303 g/mol. The molecular formula is C17H25N3O2. The van der Waals surface area contributed by atoms with Crippen molar-refractivity contribution in [3.63, 3.8) is 0 Å². The number of carbonyl (C=O) groups is 1. The first-order chi connectivity index (χ1) is 10.7. The van der Waals surface area contributed by atoms with E-state index in [1.807, 2.05) is 19.2 Å². The number of anilines is 2. The molecule has 2 heterocycles. The summed E-state index contributed by atoms with van der Waals surface area (Å²) < 4.78 is 0. The van der Waals surface area contributed by atoms with Crippen LogP contribution in [0.4, 0.5) is 11.4 Å². The van der Waals surface area contributed by atoms with Crippen LogP contribution in [0.2, 0.25) is 0 Å². The van der Waals surface area contributed by atoms with Gasteiger partial charge in [0.1, 0.15) is 6.04 Å². The maximum absolute atomic E-state index is 12.1. The van der Waals surface area contributed by atoms with Gasteiger partial charge in [0.2, 0.25) is 5.91 Å². The first-order valence-corrected chi connectivity index (χ1v) is 8.15. The molecule has 1 amide bonds. The zero-order chi connectivity index (χ0) is 15.5. The molecule has 120 valence electrons. The fourth-order valence-electron chi connectivity index (χ4n) is 3.37. The average molecular weight is 303 g/mol. The van der Waals surface area contributed by atoms with E-state index in [9.17, 15) is 9.90 Å². The summed E-state index contributed by atoms with van der Waals surface area (Å²) in [5.41, 5.74) is 2.21. The molecule has 22 heavy (non-hydrogen) atoms. The molecule has 0 radical (unpaired) electrons. The lowest BCUT2D eigenvalue weighted by Gasteiger charge is -2.34. The number of rotatable bonds is 4. The normalized spacial score (nSPS) is 23.2. The number of para-hydroxylation sites is 2. The second-order valence-corrected chi connectivity index (χ2v) is 6.38. The standard InChI is InChI=1S/C17H25N3O2/c1-19-9-8-15(17(19)22)18-14-4-2-3-5-16(14)20-10-6-13(12-21)7-11-20/h2-5,13,15,18,21H,6-12H2,1H3. The molecule has 3 rings (SSSR count). The number of amides is 1. The number of likely N-dealkylation sites (N-methyl/N-ethyl adjacent to an activating group) is 1. The number of carbonyl (C=O) groups excluding carboxylic acids is 1. The molecule has 0 spiro atoms. The third-order valence-electron chi connectivity index (χ3n) is 4.87. The summed E-state index contributed by atoms with van der Waals surface area (Å²) in [5, 5.41) is 12.7. The smallest absolute Gasteiger partial charge is 0.244 e. The van der Waals surface area contributed by atoms with Crippen LogP contribution in [0.15, 0.2) is 24.3 Å². The van der Waals surface area contributed by atoms with Crippen LogP contribution in [-0.2, 0) is 4.79 Å². The second kappa shape index (κ2) is 6.57. The largest absolute Gasteiger partial charge is 0.396 e. The molecule has 5 heteroatoms. The van der Waals surface area contributed by atoms with E-state index in [0.29, 0.717) is 5.92 Å². The minimum atomic E-state index is -0.110. The highest BCUT2D eigenvalue weighted by Gasteiger charge is 2.30. The fraction of sp³-hybridized carbons (Fsp3) is 0.588. The summed E-state index contributed by atoms with van der Waals surface area (Å²) in [6, 6.07) is 8.11. The minimum absolute atomic E-state index is 0.110. The highest BCUT2D eigenvalue weighted by molar-refractivity contribution is 5.87. The molecule has 2 fully saturated rings. The molecule has 1 atom stereocenters. The third-order valence-corrected chi connectivity index (χ3v) is 4.87. The van der Waals surface area contributed by atoms with Gasteiger partial charge >= 0.3 is 0 Å². The number of piperidine rings is 1. The van der Waals surface area contributed by atoms with Crippen LogP contribution >= 0.6 is 0 Å². The molecule has 1 aromatic carbocycles. The van der Waals surface area contributed by atoms with Crippen LogP contribution in [-0.4, -0.2) is 55.2 Å². The number of aliphatic hydroxyl groups is 1. The molecule has 0 saturated carbocycles. The van der Waals surface area contributed by atoms with Crippen molar-refractivity contribution in [3.8, 4) is 0 Å². The summed E-state index contributed by atoms with van der Waals surface area (Å²) in [4.78, 5) is 16.2. The number of benzene rings is 1. The van der Waals surface area contributed by atoms with Crippen LogP contribution in [0.3, 0.4) is 0 Å². The Balaban J connectivity index is 1.72. The molecular weight excluding hydrogens is 278 g/mol. The molecule has 2 aliphatic heterocycles. The summed E-state index contributed by atoms with van der Waals surface area (Å²) in [6.07, 6.45) is 2.90. The van der Waals surface area contributed by atoms with Crippen molar-refractivity contribution < 1.29 is 9.90 Å². The van der Waals surface area contributed by atoms with E-state index in [-0.39, 0.29) is 18.6 Å². The Labute approximate surface area is 131 Å². The molecule has 5 nitrogen and oxygen atoms in total. The zero-order valence-electron chi connectivity index (χ0n) is 13.2. The van der Waals surface area contributed by atoms with Crippen molar-refractivity contribution >= 4 is 17.3 Å². The van der Waals surface area contributed by atoms with Gasteiger partial charge in [0.25, 0.3) is 0 Å². The van der Waals surface area contributed by atoms with Crippen LogP contribution < -0.4 is 10.2 Å². The van der Waals surface area contributed by atoms with Gasteiger partial charge in [-0.05, 0) is 37.3 Å². The number of hydrogen-bond donors (Lipinski definition) is 2. The quantitative estimate of drug-likeness (QED) is 0.886. The molecule has 1 unspecified atom stereocenters. The van der Waals surface area contributed by atoms with E-state index < -0.39 is 0 Å². The Morgan fingerprint density at radius 3 is 2.55 bits per heavy atom. The number of nitrogens with one attached hydrogen (secondary N) is 1. The fourth-order valence-corrected chi connectivity index (χ4v) is 3.37. The van der Waals surface area contributed by atoms with Gasteiger partial charge in [-0.2, -0.15) is 0 Å². The van der Waals surface area contributed by atoms with E-state index in [2.05, 4.69) is 22.3 Å². The molecule has 2 aliphatic rings. The first kappa shape index (κ1) is 15.2. The predicted molar refractivity (Wildman–Crippen MR) is 88.1 cm³/mol. The highest BCUT2D eigenvalue weighted by atomic mass is 16.3. The SMILES string of the molecule is CN1CCC(Nc2ccccc2N2CCC(CO)CC2)C1=O. The van der Waals surface area contributed by atoms with Gasteiger partial charge < -0.3 is 20.2 Å². The minimum Gasteiger partial charge on any atom is -0.396 e. The van der Waals surface area contributed by atoms with Gasteiger partial charge in [-0.25, -0.2) is 0 Å². The van der Waals surface area contributed by atoms with E-state index in [1.54, 1.807) is 4.90 Å². The summed E-state index contributed by atoms with van der Waals surface area (Å²) >= 11 is 0. The van der Waals surface area contributed by atoms with Crippen LogP contribution in [0.5, 0.6) is 0 Å². The van der Waals surface area contributed by atoms with E-state index in [4.69, 9.17) is 0 Å². The maximum Gasteiger partial charge on any atom is 0.244 e. The van der Waals surface area contributed by atoms with Gasteiger partial charge in [0.15, 0.2) is 0 Å². The Morgan fingerprint density at radius 2 is 1.91 bits per heavy atom. The van der Waals surface area contributed by atoms with Gasteiger partial charge in [0.05, 0.1) is 11.4 Å². The van der Waals surface area contributed by atoms with Crippen LogP contribution in [0.25, 0.3) is 0 Å². The number of hydrogen-bond acceptors (Lipinski definition) is 4. The van der Waals surface area contributed by atoms with Crippen LogP contribution in [0.1, 0.15) is 19.3 Å². The lowest BCUT2D eigenvalue weighted by molar-refractivity contribution is -0.127. The molecule has 0 aromatic heterocycles. The molecule has 0 bridgehead atoms. The zero-order valence-corrected chi connectivity index (χ0v) is 13.2. The van der Waals surface area contributed by atoms with Gasteiger partial charge in [0, 0.05) is 33.3 Å². The summed E-state index contributed by atoms with van der Waals surface area (Å²) in [6.45, 7) is 3.03. The number of aliphatic hydroxyl groups excluding tert-OH is 1. The first-order valence-electron chi connectivity index (χ1n) is 8.15. The Bertz CT molecular complexity index is 526. The van der Waals surface area contributed by atoms with E-state index in [0.717, 1.165) is 44.6 Å². The van der Waals surface area contributed by atoms with Gasteiger partial charge in [-0.3, -0.25) is 4.79 Å². The van der Waals surface area contributed by atoms with Gasteiger partial charge in [-0.15, -0.1) is 0 Å². The molecule has 2 saturated heterocycles. The molecule has 0 aliphatic carbocycles. The van der Waals surface area contributed by atoms with Crippen molar-refractivity contribution in [2.45, 2.75) is 25.3 Å². The van der Waals surface area contributed by atoms with Crippen molar-refractivity contribution in [2.24, 2.45) is 5.92 Å². The van der Waals surface area contributed by atoms with Crippen molar-refractivity contribution in [2.75, 3.05) is 43.5 Å². The lowest BCUT2D eigenvalue weighted by Crippen LogP contribution is -2.36. The summed E-state index contributed by atoms with van der Waals surface area (Å²) in [5.74, 6) is 0.607. The Kier molecular flexibility index (Phi) is 4.52. The Hall–Kier alpha value is -1.75. The predicted octanol–water partition coefficient (Wildman–Crippen LogP) is 1.54. The van der Waals surface area contributed by atoms with Crippen LogP contribution in [0, 0.1) is 5.92 Å².